The van der Waals surface area contributed by atoms with E-state index in [2.05, 4.69) is 5.32 Å². The summed E-state index contributed by atoms with van der Waals surface area (Å²) in [6.45, 7) is 2.59. The van der Waals surface area contributed by atoms with Crippen LogP contribution in [0.4, 0.5) is 15.8 Å². The van der Waals surface area contributed by atoms with Crippen LogP contribution in [-0.4, -0.2) is 18.4 Å². The molecule has 2 aromatic rings. The number of nitrogens with one attached hydrogen (secondary N) is 1. The lowest BCUT2D eigenvalue weighted by Gasteiger charge is -2.29. The van der Waals surface area contributed by atoms with Crippen LogP contribution in [0.25, 0.3) is 0 Å². The zero-order valence-electron chi connectivity index (χ0n) is 13.5. The lowest BCUT2D eigenvalue weighted by Crippen LogP contribution is -2.34. The van der Waals surface area contributed by atoms with Crippen molar-refractivity contribution in [3.05, 3.63) is 59.4 Å². The predicted octanol–water partition coefficient (Wildman–Crippen LogP) is 3.77. The van der Waals surface area contributed by atoms with E-state index in [1.807, 2.05) is 24.0 Å². The monoisotopic (exact) mass is 326 g/mol. The molecule has 0 aliphatic carbocycles. The second kappa shape index (κ2) is 6.83. The first kappa shape index (κ1) is 16.2. The fraction of sp³-hybridized carbons (Fsp3) is 0.263. The summed E-state index contributed by atoms with van der Waals surface area (Å²) in [5, 5.41) is 2.82. The van der Waals surface area contributed by atoms with Gasteiger partial charge in [-0.05, 0) is 60.9 Å². The summed E-state index contributed by atoms with van der Waals surface area (Å²) in [7, 11) is 0. The van der Waals surface area contributed by atoms with Crippen LogP contribution >= 0.6 is 0 Å². The van der Waals surface area contributed by atoms with Gasteiger partial charge in [-0.15, -0.1) is 0 Å². The van der Waals surface area contributed by atoms with Crippen molar-refractivity contribution in [3.8, 4) is 0 Å². The Bertz CT molecular complexity index is 771. The van der Waals surface area contributed by atoms with Crippen LogP contribution in [0.2, 0.25) is 0 Å². The second-order valence-corrected chi connectivity index (χ2v) is 5.81. The molecule has 0 saturated carbocycles. The lowest BCUT2D eigenvalue weighted by molar-refractivity contribution is -0.118. The average molecular weight is 326 g/mol. The molecule has 2 amide bonds. The average Bonchev–Trinajstić information content (AvgIpc) is 2.60. The Hall–Kier alpha value is -2.69. The van der Waals surface area contributed by atoms with E-state index >= 15 is 0 Å². The van der Waals surface area contributed by atoms with Gasteiger partial charge in [0, 0.05) is 29.9 Å². The second-order valence-electron chi connectivity index (χ2n) is 5.81. The van der Waals surface area contributed by atoms with Gasteiger partial charge in [-0.3, -0.25) is 9.59 Å². The lowest BCUT2D eigenvalue weighted by atomic mass is 10.0. The van der Waals surface area contributed by atoms with Crippen LogP contribution in [0.5, 0.6) is 0 Å². The van der Waals surface area contributed by atoms with Crippen molar-refractivity contribution in [3.63, 3.8) is 0 Å². The number of carbonyl (C=O) groups is 2. The van der Waals surface area contributed by atoms with Gasteiger partial charge in [0.05, 0.1) is 0 Å². The van der Waals surface area contributed by atoms with Crippen LogP contribution in [0, 0.1) is 5.82 Å². The van der Waals surface area contributed by atoms with E-state index < -0.39 is 0 Å². The largest absolute Gasteiger partial charge is 0.322 e. The van der Waals surface area contributed by atoms with Gasteiger partial charge in [0.15, 0.2) is 0 Å². The molecule has 0 fully saturated rings. The molecule has 24 heavy (non-hydrogen) atoms. The minimum Gasteiger partial charge on any atom is -0.322 e. The third-order valence-corrected chi connectivity index (χ3v) is 4.17. The minimum absolute atomic E-state index is 0.110. The first-order chi connectivity index (χ1) is 11.6. The van der Waals surface area contributed by atoms with Gasteiger partial charge in [-0.1, -0.05) is 6.92 Å². The summed E-state index contributed by atoms with van der Waals surface area (Å²) in [6.07, 6.45) is 2.26. The Kier molecular flexibility index (Phi) is 4.60. The molecule has 4 nitrogen and oxygen atoms in total. The summed E-state index contributed by atoms with van der Waals surface area (Å²) < 4.78 is 12.9. The van der Waals surface area contributed by atoms with E-state index in [0.29, 0.717) is 17.7 Å². The minimum atomic E-state index is -0.374. The molecule has 3 rings (SSSR count). The number of carbonyl (C=O) groups excluding carboxylic acids is 2. The Morgan fingerprint density at radius 3 is 2.62 bits per heavy atom. The quantitative estimate of drug-likeness (QED) is 0.933. The fourth-order valence-electron chi connectivity index (χ4n) is 2.93. The topological polar surface area (TPSA) is 49.4 Å². The maximum absolute atomic E-state index is 12.9. The molecule has 0 atom stereocenters. The summed E-state index contributed by atoms with van der Waals surface area (Å²) in [6, 6.07) is 11.0. The molecule has 124 valence electrons. The molecule has 0 spiro atoms. The van der Waals surface area contributed by atoms with E-state index in [4.69, 9.17) is 0 Å². The Labute approximate surface area is 140 Å². The van der Waals surface area contributed by atoms with Gasteiger partial charge in [0.25, 0.3) is 5.91 Å². The van der Waals surface area contributed by atoms with Crippen LogP contribution in [0.15, 0.2) is 42.5 Å². The van der Waals surface area contributed by atoms with E-state index in [-0.39, 0.29) is 17.6 Å². The van der Waals surface area contributed by atoms with Crippen molar-refractivity contribution in [1.82, 2.24) is 0 Å². The summed E-state index contributed by atoms with van der Waals surface area (Å²) in [5.74, 6) is -0.549. The normalized spacial score (nSPS) is 13.3. The maximum atomic E-state index is 12.9. The highest BCUT2D eigenvalue weighted by atomic mass is 19.1. The number of hydrogen-bond donors (Lipinski definition) is 1. The summed E-state index contributed by atoms with van der Waals surface area (Å²) >= 11 is 0. The zero-order chi connectivity index (χ0) is 17.1. The van der Waals surface area contributed by atoms with E-state index in [1.54, 1.807) is 6.07 Å². The van der Waals surface area contributed by atoms with Crippen molar-refractivity contribution in [2.45, 2.75) is 26.2 Å². The molecule has 1 aliphatic heterocycles. The van der Waals surface area contributed by atoms with Crippen molar-refractivity contribution >= 4 is 23.2 Å². The van der Waals surface area contributed by atoms with Crippen molar-refractivity contribution < 1.29 is 14.0 Å². The third kappa shape index (κ3) is 3.30. The number of hydrogen-bond acceptors (Lipinski definition) is 2. The van der Waals surface area contributed by atoms with Crippen LogP contribution in [-0.2, 0) is 11.2 Å². The molecule has 1 N–H and O–H groups in total. The highest BCUT2D eigenvalue weighted by Gasteiger charge is 2.21. The number of halogens is 1. The SMILES string of the molecule is CCC(=O)N1CCCc2cc(NC(=O)c3ccc(F)cc3)ccc21. The Morgan fingerprint density at radius 1 is 1.17 bits per heavy atom. The van der Waals surface area contributed by atoms with Gasteiger partial charge in [0.1, 0.15) is 5.82 Å². The van der Waals surface area contributed by atoms with Gasteiger partial charge in [-0.2, -0.15) is 0 Å². The number of fused-ring (bicyclic) bond motifs is 1. The number of aryl methyl sites for hydroxylation is 1. The number of rotatable bonds is 3. The first-order valence-corrected chi connectivity index (χ1v) is 8.08. The number of anilines is 2. The standard InChI is InChI=1S/C19H19FN2O2/c1-2-18(23)22-11-3-4-14-12-16(9-10-17(14)22)21-19(24)13-5-7-15(20)8-6-13/h5-10,12H,2-4,11H2,1H3,(H,21,24). The zero-order valence-corrected chi connectivity index (χ0v) is 13.5. The van der Waals surface area contributed by atoms with Crippen LogP contribution in [0.3, 0.4) is 0 Å². The maximum Gasteiger partial charge on any atom is 0.255 e. The molecule has 0 aromatic heterocycles. The Morgan fingerprint density at radius 2 is 1.92 bits per heavy atom. The fourth-order valence-corrected chi connectivity index (χ4v) is 2.93. The van der Waals surface area contributed by atoms with E-state index in [9.17, 15) is 14.0 Å². The van der Waals surface area contributed by atoms with E-state index in [0.717, 1.165) is 30.6 Å². The smallest absolute Gasteiger partial charge is 0.255 e. The van der Waals surface area contributed by atoms with Crippen LogP contribution < -0.4 is 10.2 Å². The molecule has 5 heteroatoms. The molecular formula is C19H19FN2O2. The number of amides is 2. The molecule has 1 aliphatic rings. The van der Waals surface area contributed by atoms with E-state index in [1.165, 1.54) is 24.3 Å². The van der Waals surface area contributed by atoms with Gasteiger partial charge in [-0.25, -0.2) is 4.39 Å². The molecule has 1 heterocycles. The first-order valence-electron chi connectivity index (χ1n) is 8.08. The summed E-state index contributed by atoms with van der Waals surface area (Å²) in [4.78, 5) is 26.1. The summed E-state index contributed by atoms with van der Waals surface area (Å²) in [5.41, 5.74) is 3.05. The van der Waals surface area contributed by atoms with Crippen molar-refractivity contribution in [1.29, 1.82) is 0 Å². The van der Waals surface area contributed by atoms with Crippen molar-refractivity contribution in [2.24, 2.45) is 0 Å². The molecule has 0 unspecified atom stereocenters. The Balaban J connectivity index is 1.80. The number of benzene rings is 2. The highest BCUT2D eigenvalue weighted by Crippen LogP contribution is 2.30. The molecule has 2 aromatic carbocycles. The molecular weight excluding hydrogens is 307 g/mol. The molecule has 0 saturated heterocycles. The van der Waals surface area contributed by atoms with Crippen molar-refractivity contribution in [2.75, 3.05) is 16.8 Å². The van der Waals surface area contributed by atoms with Crippen LogP contribution in [0.1, 0.15) is 35.7 Å². The third-order valence-electron chi connectivity index (χ3n) is 4.17. The van der Waals surface area contributed by atoms with Gasteiger partial charge < -0.3 is 10.2 Å². The predicted molar refractivity (Wildman–Crippen MR) is 91.8 cm³/mol. The molecule has 0 radical (unpaired) electrons. The van der Waals surface area contributed by atoms with Gasteiger partial charge in [0.2, 0.25) is 5.91 Å². The molecule has 0 bridgehead atoms. The number of nitrogens with zero attached hydrogens (tertiary/aromatic N) is 1. The highest BCUT2D eigenvalue weighted by molar-refractivity contribution is 6.04. The van der Waals surface area contributed by atoms with Gasteiger partial charge >= 0.3 is 0 Å².